The summed E-state index contributed by atoms with van der Waals surface area (Å²) >= 11 is 0. The number of carboxylic acids is 1. The van der Waals surface area contributed by atoms with E-state index in [9.17, 15) is 19.1 Å². The minimum Gasteiger partial charge on any atom is -0.477 e. The third-order valence-corrected chi connectivity index (χ3v) is 3.82. The number of carbonyl (C=O) groups excluding carboxylic acids is 1. The van der Waals surface area contributed by atoms with Crippen LogP contribution in [0.4, 0.5) is 4.39 Å². The van der Waals surface area contributed by atoms with E-state index in [1.165, 1.54) is 18.2 Å². The Morgan fingerprint density at radius 2 is 1.96 bits per heavy atom. The molecule has 6 heteroatoms. The largest absolute Gasteiger partial charge is 0.477 e. The number of carbonyl (C=O) groups is 2. The van der Waals surface area contributed by atoms with Gasteiger partial charge in [-0.3, -0.25) is 4.79 Å². The minimum atomic E-state index is -1.11. The standard InChI is InChI=1S/C18H15FN2O3/c1-10-6-7-15-12(8-10)13(16(21-15)18(23)24)9-20-17(22)11-4-2-3-5-14(11)19/h2-8,21H,9H2,1H3,(H,20,22)(H,23,24). The summed E-state index contributed by atoms with van der Waals surface area (Å²) in [6, 6.07) is 11.1. The molecule has 3 rings (SSSR count). The number of halogens is 1. The van der Waals surface area contributed by atoms with Gasteiger partial charge in [-0.2, -0.15) is 0 Å². The molecule has 24 heavy (non-hydrogen) atoms. The molecule has 0 atom stereocenters. The highest BCUT2D eigenvalue weighted by atomic mass is 19.1. The Balaban J connectivity index is 1.93. The van der Waals surface area contributed by atoms with E-state index in [1.54, 1.807) is 12.1 Å². The quantitative estimate of drug-likeness (QED) is 0.688. The van der Waals surface area contributed by atoms with Crippen LogP contribution in [0.2, 0.25) is 0 Å². The average Bonchev–Trinajstić information content (AvgIpc) is 2.91. The lowest BCUT2D eigenvalue weighted by atomic mass is 10.1. The van der Waals surface area contributed by atoms with Gasteiger partial charge in [-0.05, 0) is 31.2 Å². The van der Waals surface area contributed by atoms with E-state index in [1.807, 2.05) is 19.1 Å². The van der Waals surface area contributed by atoms with Crippen LogP contribution in [0.25, 0.3) is 10.9 Å². The lowest BCUT2D eigenvalue weighted by molar-refractivity contribution is 0.0689. The van der Waals surface area contributed by atoms with E-state index in [2.05, 4.69) is 10.3 Å². The van der Waals surface area contributed by atoms with E-state index < -0.39 is 17.7 Å². The molecule has 5 nitrogen and oxygen atoms in total. The first-order valence-corrected chi connectivity index (χ1v) is 7.34. The molecule has 0 spiro atoms. The van der Waals surface area contributed by atoms with Crippen LogP contribution in [0.5, 0.6) is 0 Å². The molecule has 0 radical (unpaired) electrons. The van der Waals surface area contributed by atoms with Crippen LogP contribution in [0, 0.1) is 12.7 Å². The number of fused-ring (bicyclic) bond motifs is 1. The second-order valence-corrected chi connectivity index (χ2v) is 5.50. The maximum atomic E-state index is 13.7. The Morgan fingerprint density at radius 3 is 2.67 bits per heavy atom. The van der Waals surface area contributed by atoms with Crippen LogP contribution >= 0.6 is 0 Å². The van der Waals surface area contributed by atoms with Crippen molar-refractivity contribution in [2.24, 2.45) is 0 Å². The third-order valence-electron chi connectivity index (χ3n) is 3.82. The number of hydrogen-bond donors (Lipinski definition) is 3. The summed E-state index contributed by atoms with van der Waals surface area (Å²) in [6.07, 6.45) is 0. The van der Waals surface area contributed by atoms with Crippen LogP contribution in [0.15, 0.2) is 42.5 Å². The van der Waals surface area contributed by atoms with Crippen molar-refractivity contribution in [1.29, 1.82) is 0 Å². The van der Waals surface area contributed by atoms with Gasteiger partial charge in [0, 0.05) is 23.0 Å². The number of amides is 1. The van der Waals surface area contributed by atoms with Gasteiger partial charge in [0.15, 0.2) is 0 Å². The zero-order valence-electron chi connectivity index (χ0n) is 12.9. The molecular weight excluding hydrogens is 311 g/mol. The van der Waals surface area contributed by atoms with E-state index in [-0.39, 0.29) is 17.8 Å². The van der Waals surface area contributed by atoms with Gasteiger partial charge in [0.05, 0.1) is 5.56 Å². The Hall–Kier alpha value is -3.15. The van der Waals surface area contributed by atoms with Gasteiger partial charge in [-0.1, -0.05) is 23.8 Å². The fourth-order valence-corrected chi connectivity index (χ4v) is 2.64. The van der Waals surface area contributed by atoms with Crippen molar-refractivity contribution in [3.63, 3.8) is 0 Å². The predicted octanol–water partition coefficient (Wildman–Crippen LogP) is 3.24. The zero-order valence-corrected chi connectivity index (χ0v) is 12.9. The number of H-pyrrole nitrogens is 1. The molecule has 122 valence electrons. The molecule has 3 N–H and O–H groups in total. The molecule has 0 fully saturated rings. The molecule has 0 aliphatic rings. The van der Waals surface area contributed by atoms with Gasteiger partial charge in [0.2, 0.25) is 0 Å². The summed E-state index contributed by atoms with van der Waals surface area (Å²) in [5.41, 5.74) is 2.05. The molecule has 1 aromatic heterocycles. The lowest BCUT2D eigenvalue weighted by Crippen LogP contribution is -2.24. The number of aryl methyl sites for hydroxylation is 1. The van der Waals surface area contributed by atoms with Crippen molar-refractivity contribution in [2.45, 2.75) is 13.5 Å². The number of carboxylic acid groups (broad SMARTS) is 1. The average molecular weight is 326 g/mol. The van der Waals surface area contributed by atoms with Gasteiger partial charge < -0.3 is 15.4 Å². The van der Waals surface area contributed by atoms with Crippen LogP contribution in [-0.4, -0.2) is 22.0 Å². The Kier molecular flexibility index (Phi) is 4.04. The fraction of sp³-hybridized carbons (Fsp3) is 0.111. The third kappa shape index (κ3) is 2.86. The summed E-state index contributed by atoms with van der Waals surface area (Å²) in [6.45, 7) is 1.88. The molecule has 1 amide bonds. The molecule has 0 aliphatic carbocycles. The maximum Gasteiger partial charge on any atom is 0.352 e. The Morgan fingerprint density at radius 1 is 1.21 bits per heavy atom. The normalized spacial score (nSPS) is 10.8. The molecule has 2 aromatic carbocycles. The molecule has 0 aliphatic heterocycles. The van der Waals surface area contributed by atoms with Gasteiger partial charge in [0.1, 0.15) is 11.5 Å². The number of benzene rings is 2. The highest BCUT2D eigenvalue weighted by Crippen LogP contribution is 2.24. The molecule has 0 bridgehead atoms. The second-order valence-electron chi connectivity index (χ2n) is 5.50. The zero-order chi connectivity index (χ0) is 17.3. The van der Waals surface area contributed by atoms with Crippen molar-refractivity contribution in [3.8, 4) is 0 Å². The van der Waals surface area contributed by atoms with Gasteiger partial charge in [-0.15, -0.1) is 0 Å². The van der Waals surface area contributed by atoms with E-state index in [0.29, 0.717) is 11.1 Å². The smallest absolute Gasteiger partial charge is 0.352 e. The number of aromatic carboxylic acids is 1. The van der Waals surface area contributed by atoms with Gasteiger partial charge in [-0.25, -0.2) is 9.18 Å². The Labute approximate surface area is 137 Å². The predicted molar refractivity (Wildman–Crippen MR) is 87.6 cm³/mol. The highest BCUT2D eigenvalue weighted by Gasteiger charge is 2.18. The van der Waals surface area contributed by atoms with E-state index >= 15 is 0 Å². The lowest BCUT2D eigenvalue weighted by Gasteiger charge is -2.07. The topological polar surface area (TPSA) is 82.2 Å². The molecular formula is C18H15FN2O3. The minimum absolute atomic E-state index is 0.0156. The number of nitrogens with one attached hydrogen (secondary N) is 2. The number of aromatic amines is 1. The van der Waals surface area contributed by atoms with E-state index in [0.717, 1.165) is 10.9 Å². The van der Waals surface area contributed by atoms with Gasteiger partial charge in [0.25, 0.3) is 5.91 Å². The first-order chi connectivity index (χ1) is 11.5. The summed E-state index contributed by atoms with van der Waals surface area (Å²) < 4.78 is 13.7. The fourth-order valence-electron chi connectivity index (χ4n) is 2.64. The van der Waals surface area contributed by atoms with Crippen LogP contribution in [0.3, 0.4) is 0 Å². The number of rotatable bonds is 4. The van der Waals surface area contributed by atoms with Crippen LogP contribution in [0.1, 0.15) is 32.0 Å². The summed E-state index contributed by atoms with van der Waals surface area (Å²) in [4.78, 5) is 26.4. The van der Waals surface area contributed by atoms with Crippen molar-refractivity contribution in [1.82, 2.24) is 10.3 Å². The van der Waals surface area contributed by atoms with Crippen molar-refractivity contribution in [3.05, 3.63) is 70.7 Å². The second kappa shape index (κ2) is 6.16. The molecule has 3 aromatic rings. The monoisotopic (exact) mass is 326 g/mol. The number of aromatic nitrogens is 1. The SMILES string of the molecule is Cc1ccc2[nH]c(C(=O)O)c(CNC(=O)c3ccccc3F)c2c1. The molecule has 1 heterocycles. The van der Waals surface area contributed by atoms with Crippen molar-refractivity contribution in [2.75, 3.05) is 0 Å². The summed E-state index contributed by atoms with van der Waals surface area (Å²) in [5, 5.41) is 12.7. The Bertz CT molecular complexity index is 947. The van der Waals surface area contributed by atoms with E-state index in [4.69, 9.17) is 0 Å². The number of hydrogen-bond acceptors (Lipinski definition) is 2. The molecule has 0 unspecified atom stereocenters. The first kappa shape index (κ1) is 15.7. The first-order valence-electron chi connectivity index (χ1n) is 7.34. The summed E-state index contributed by atoms with van der Waals surface area (Å²) in [5.74, 6) is -2.33. The molecule has 0 saturated heterocycles. The van der Waals surface area contributed by atoms with Crippen LogP contribution < -0.4 is 5.32 Å². The maximum absolute atomic E-state index is 13.7. The summed E-state index contributed by atoms with van der Waals surface area (Å²) in [7, 11) is 0. The molecule has 0 saturated carbocycles. The van der Waals surface area contributed by atoms with Gasteiger partial charge >= 0.3 is 5.97 Å². The highest BCUT2D eigenvalue weighted by molar-refractivity contribution is 5.99. The van der Waals surface area contributed by atoms with Crippen LogP contribution in [-0.2, 0) is 6.54 Å². The van der Waals surface area contributed by atoms with Crippen molar-refractivity contribution < 1.29 is 19.1 Å². The van der Waals surface area contributed by atoms with Crippen molar-refractivity contribution >= 4 is 22.8 Å².